The second-order valence-electron chi connectivity index (χ2n) is 4.60. The molecule has 2 aromatic carbocycles. The quantitative estimate of drug-likeness (QED) is 0.396. The molecular formula is C15H15ClN2O3. The Bertz CT molecular complexity index is 714. The highest BCUT2D eigenvalue weighted by atomic mass is 35.5. The van der Waals surface area contributed by atoms with Gasteiger partial charge in [0, 0.05) is 10.6 Å². The molecule has 0 aliphatic heterocycles. The Morgan fingerprint density at radius 1 is 1.10 bits per heavy atom. The molecular weight excluding hydrogens is 292 g/mol. The molecule has 0 aliphatic carbocycles. The number of halogens is 1. The maximum atomic E-state index is 9.80. The van der Waals surface area contributed by atoms with E-state index in [0.29, 0.717) is 16.3 Å². The Balaban J connectivity index is 2.28. The second kappa shape index (κ2) is 5.93. The maximum Gasteiger partial charge on any atom is 0.200 e. The summed E-state index contributed by atoms with van der Waals surface area (Å²) in [6.45, 7) is 3.56. The topological polar surface area (TPSA) is 85.1 Å². The lowest BCUT2D eigenvalue weighted by Gasteiger charge is -2.09. The van der Waals surface area contributed by atoms with E-state index < -0.39 is 11.5 Å². The van der Waals surface area contributed by atoms with E-state index >= 15 is 0 Å². The van der Waals surface area contributed by atoms with Gasteiger partial charge in [0.2, 0.25) is 5.75 Å². The molecule has 2 aromatic rings. The fourth-order valence-electron chi connectivity index (χ4n) is 1.82. The van der Waals surface area contributed by atoms with Crippen LogP contribution in [0.4, 0.5) is 5.69 Å². The van der Waals surface area contributed by atoms with Crippen molar-refractivity contribution in [3.05, 3.63) is 46.5 Å². The van der Waals surface area contributed by atoms with E-state index in [4.69, 9.17) is 11.6 Å². The minimum atomic E-state index is -0.565. The molecule has 0 aliphatic rings. The van der Waals surface area contributed by atoms with Crippen molar-refractivity contribution in [3.8, 4) is 17.2 Å². The van der Waals surface area contributed by atoms with Gasteiger partial charge in [-0.15, -0.1) is 0 Å². The molecule has 0 spiro atoms. The van der Waals surface area contributed by atoms with Crippen molar-refractivity contribution in [2.45, 2.75) is 13.8 Å². The molecule has 0 heterocycles. The molecule has 0 fully saturated rings. The molecule has 5 nitrogen and oxygen atoms in total. The summed E-state index contributed by atoms with van der Waals surface area (Å²) in [5.41, 5.74) is 5.36. The Morgan fingerprint density at radius 2 is 1.81 bits per heavy atom. The van der Waals surface area contributed by atoms with Gasteiger partial charge in [0.15, 0.2) is 11.5 Å². The van der Waals surface area contributed by atoms with Crippen LogP contribution in [0.2, 0.25) is 5.02 Å². The fourth-order valence-corrected chi connectivity index (χ4v) is 2.04. The van der Waals surface area contributed by atoms with Crippen LogP contribution in [-0.2, 0) is 0 Å². The van der Waals surface area contributed by atoms with Crippen LogP contribution < -0.4 is 5.43 Å². The largest absolute Gasteiger partial charge is 0.504 e. The molecule has 21 heavy (non-hydrogen) atoms. The minimum Gasteiger partial charge on any atom is -0.504 e. The average Bonchev–Trinajstić information content (AvgIpc) is 2.43. The molecule has 0 saturated carbocycles. The fraction of sp³-hybridized carbons (Fsp3) is 0.133. The van der Waals surface area contributed by atoms with Crippen LogP contribution in [0.5, 0.6) is 17.2 Å². The number of aromatic hydroxyl groups is 3. The van der Waals surface area contributed by atoms with E-state index in [-0.39, 0.29) is 5.75 Å². The number of hydrogen-bond acceptors (Lipinski definition) is 5. The van der Waals surface area contributed by atoms with Gasteiger partial charge in [-0.25, -0.2) is 0 Å². The van der Waals surface area contributed by atoms with Gasteiger partial charge >= 0.3 is 0 Å². The summed E-state index contributed by atoms with van der Waals surface area (Å²) >= 11 is 5.88. The van der Waals surface area contributed by atoms with Crippen molar-refractivity contribution in [1.29, 1.82) is 0 Å². The first-order valence-corrected chi connectivity index (χ1v) is 6.58. The van der Waals surface area contributed by atoms with E-state index in [9.17, 15) is 15.3 Å². The highest BCUT2D eigenvalue weighted by Gasteiger charge is 2.13. The van der Waals surface area contributed by atoms with Crippen molar-refractivity contribution in [2.75, 3.05) is 5.43 Å². The summed E-state index contributed by atoms with van der Waals surface area (Å²) in [7, 11) is 0. The normalized spacial score (nSPS) is 11.5. The molecule has 0 saturated heterocycles. The summed E-state index contributed by atoms with van der Waals surface area (Å²) in [6.07, 6.45) is 0. The van der Waals surface area contributed by atoms with E-state index in [1.165, 1.54) is 12.1 Å². The van der Waals surface area contributed by atoms with Gasteiger partial charge < -0.3 is 15.3 Å². The molecule has 110 valence electrons. The SMILES string of the molecule is C/C(=N/Nc1ccc(Cl)cc1C)c1ccc(O)c(O)c1O. The zero-order valence-corrected chi connectivity index (χ0v) is 12.3. The number of hydrazone groups is 1. The summed E-state index contributed by atoms with van der Waals surface area (Å²) in [4.78, 5) is 0. The van der Waals surface area contributed by atoms with E-state index in [1.54, 1.807) is 25.1 Å². The molecule has 0 aromatic heterocycles. The van der Waals surface area contributed by atoms with Crippen molar-refractivity contribution < 1.29 is 15.3 Å². The van der Waals surface area contributed by atoms with Gasteiger partial charge in [-0.3, -0.25) is 5.43 Å². The van der Waals surface area contributed by atoms with Crippen molar-refractivity contribution >= 4 is 23.0 Å². The van der Waals surface area contributed by atoms with E-state index in [0.717, 1.165) is 11.3 Å². The Kier molecular flexibility index (Phi) is 4.23. The third kappa shape index (κ3) is 3.20. The summed E-state index contributed by atoms with van der Waals surface area (Å²) in [5, 5.41) is 33.4. The minimum absolute atomic E-state index is 0.324. The number of phenols is 3. The summed E-state index contributed by atoms with van der Waals surface area (Å²) < 4.78 is 0. The average molecular weight is 307 g/mol. The van der Waals surface area contributed by atoms with Gasteiger partial charge in [-0.1, -0.05) is 11.6 Å². The van der Waals surface area contributed by atoms with Crippen LogP contribution in [0, 0.1) is 6.92 Å². The lowest BCUT2D eigenvalue weighted by atomic mass is 10.1. The number of aryl methyl sites for hydroxylation is 1. The standard InChI is InChI=1S/C15H15ClN2O3/c1-8-7-10(16)3-5-12(8)18-17-9(2)11-4-6-13(19)15(21)14(11)20/h3-7,18-21H,1-2H3/b17-9-. The van der Waals surface area contributed by atoms with E-state index in [1.807, 2.05) is 6.92 Å². The van der Waals surface area contributed by atoms with Crippen LogP contribution in [-0.4, -0.2) is 21.0 Å². The lowest BCUT2D eigenvalue weighted by Crippen LogP contribution is -2.01. The molecule has 6 heteroatoms. The number of anilines is 1. The monoisotopic (exact) mass is 306 g/mol. The van der Waals surface area contributed by atoms with Crippen LogP contribution in [0.1, 0.15) is 18.1 Å². The molecule has 2 rings (SSSR count). The maximum absolute atomic E-state index is 9.80. The first kappa shape index (κ1) is 15.0. The van der Waals surface area contributed by atoms with E-state index in [2.05, 4.69) is 10.5 Å². The second-order valence-corrected chi connectivity index (χ2v) is 5.03. The Hall–Kier alpha value is -2.40. The summed E-state index contributed by atoms with van der Waals surface area (Å²) in [6, 6.07) is 8.10. The Morgan fingerprint density at radius 3 is 2.48 bits per heavy atom. The van der Waals surface area contributed by atoms with Crippen LogP contribution in [0.15, 0.2) is 35.4 Å². The van der Waals surface area contributed by atoms with Crippen LogP contribution in [0.3, 0.4) is 0 Å². The van der Waals surface area contributed by atoms with Crippen LogP contribution >= 0.6 is 11.6 Å². The highest BCUT2D eigenvalue weighted by molar-refractivity contribution is 6.30. The molecule has 4 N–H and O–H groups in total. The predicted molar refractivity (Wildman–Crippen MR) is 83.5 cm³/mol. The predicted octanol–water partition coefficient (Wildman–Crippen LogP) is 3.60. The van der Waals surface area contributed by atoms with Gasteiger partial charge in [-0.2, -0.15) is 5.10 Å². The third-order valence-electron chi connectivity index (χ3n) is 3.05. The number of benzene rings is 2. The van der Waals surface area contributed by atoms with Crippen molar-refractivity contribution in [2.24, 2.45) is 5.10 Å². The molecule has 0 atom stereocenters. The zero-order chi connectivity index (χ0) is 15.6. The number of rotatable bonds is 3. The molecule has 0 bridgehead atoms. The van der Waals surface area contributed by atoms with Crippen LogP contribution in [0.25, 0.3) is 0 Å². The number of nitrogens with zero attached hydrogens (tertiary/aromatic N) is 1. The number of hydrogen-bond donors (Lipinski definition) is 4. The van der Waals surface area contributed by atoms with Gasteiger partial charge in [0.05, 0.1) is 11.4 Å². The Labute approximate surface area is 127 Å². The number of phenolic OH excluding ortho intramolecular Hbond substituents is 3. The smallest absolute Gasteiger partial charge is 0.200 e. The number of nitrogens with one attached hydrogen (secondary N) is 1. The zero-order valence-electron chi connectivity index (χ0n) is 11.6. The first-order chi connectivity index (χ1) is 9.90. The molecule has 0 radical (unpaired) electrons. The highest BCUT2D eigenvalue weighted by Crippen LogP contribution is 2.37. The van der Waals surface area contributed by atoms with Gasteiger partial charge in [0.1, 0.15) is 0 Å². The lowest BCUT2D eigenvalue weighted by molar-refractivity contribution is 0.367. The summed E-state index contributed by atoms with van der Waals surface area (Å²) in [5.74, 6) is -1.36. The van der Waals surface area contributed by atoms with Gasteiger partial charge in [-0.05, 0) is 49.7 Å². The molecule has 0 amide bonds. The van der Waals surface area contributed by atoms with Crippen molar-refractivity contribution in [1.82, 2.24) is 0 Å². The van der Waals surface area contributed by atoms with Crippen molar-refractivity contribution in [3.63, 3.8) is 0 Å². The molecule has 0 unspecified atom stereocenters. The third-order valence-corrected chi connectivity index (χ3v) is 3.29. The van der Waals surface area contributed by atoms with Gasteiger partial charge in [0.25, 0.3) is 0 Å². The first-order valence-electron chi connectivity index (χ1n) is 6.21.